The summed E-state index contributed by atoms with van der Waals surface area (Å²) in [7, 11) is 2.09. The topological polar surface area (TPSA) is 58.4 Å². The summed E-state index contributed by atoms with van der Waals surface area (Å²) < 4.78 is 0. The van der Waals surface area contributed by atoms with Gasteiger partial charge in [-0.3, -0.25) is 4.79 Å². The summed E-state index contributed by atoms with van der Waals surface area (Å²) in [6.07, 6.45) is 0.905. The third-order valence-electron chi connectivity index (χ3n) is 3.50. The van der Waals surface area contributed by atoms with Crippen molar-refractivity contribution in [3.8, 4) is 0 Å². The first-order valence-corrected chi connectivity index (χ1v) is 7.52. The summed E-state index contributed by atoms with van der Waals surface area (Å²) in [4.78, 5) is 14.2. The molecular weight excluding hydrogens is 274 g/mol. The van der Waals surface area contributed by atoms with Gasteiger partial charge in [0.2, 0.25) is 0 Å². The van der Waals surface area contributed by atoms with Crippen molar-refractivity contribution in [1.82, 2.24) is 10.2 Å². The number of para-hydroxylation sites is 1. The van der Waals surface area contributed by atoms with Crippen LogP contribution in [0.15, 0.2) is 54.6 Å². The van der Waals surface area contributed by atoms with Crippen LogP contribution in [0.1, 0.15) is 22.3 Å². The quantitative estimate of drug-likeness (QED) is 0.610. The standard InChI is InChI=1S/C18H23N3O/c1-21(14-15-8-3-2-4-9-15)13-7-12-20-18(22)16-10-5-6-11-17(16)19/h2-6,8-11H,7,12-14,19H2,1H3,(H,20,22). The smallest absolute Gasteiger partial charge is 0.253 e. The third-order valence-corrected chi connectivity index (χ3v) is 3.50. The van der Waals surface area contributed by atoms with Gasteiger partial charge in [0.1, 0.15) is 0 Å². The highest BCUT2D eigenvalue weighted by Gasteiger charge is 2.07. The number of nitrogens with two attached hydrogens (primary N) is 1. The van der Waals surface area contributed by atoms with Crippen LogP contribution in [0.2, 0.25) is 0 Å². The van der Waals surface area contributed by atoms with Crippen molar-refractivity contribution in [2.24, 2.45) is 0 Å². The number of carbonyl (C=O) groups excluding carboxylic acids is 1. The molecule has 4 heteroatoms. The van der Waals surface area contributed by atoms with Gasteiger partial charge in [-0.15, -0.1) is 0 Å². The summed E-state index contributed by atoms with van der Waals surface area (Å²) in [5, 5.41) is 2.91. The lowest BCUT2D eigenvalue weighted by atomic mass is 10.1. The van der Waals surface area contributed by atoms with Gasteiger partial charge >= 0.3 is 0 Å². The van der Waals surface area contributed by atoms with Gasteiger partial charge in [0.25, 0.3) is 5.91 Å². The number of nitrogens with one attached hydrogen (secondary N) is 1. The molecule has 0 bridgehead atoms. The Hall–Kier alpha value is -2.33. The first-order chi connectivity index (χ1) is 10.7. The van der Waals surface area contributed by atoms with Crippen LogP contribution >= 0.6 is 0 Å². The molecule has 0 aliphatic rings. The number of hydrogen-bond acceptors (Lipinski definition) is 3. The Kier molecular flexibility index (Phi) is 5.98. The number of hydrogen-bond donors (Lipinski definition) is 2. The fourth-order valence-electron chi connectivity index (χ4n) is 2.32. The summed E-state index contributed by atoms with van der Waals surface area (Å²) >= 11 is 0. The maximum atomic E-state index is 12.0. The maximum absolute atomic E-state index is 12.0. The average Bonchev–Trinajstić information content (AvgIpc) is 2.53. The van der Waals surface area contributed by atoms with Gasteiger partial charge < -0.3 is 16.0 Å². The van der Waals surface area contributed by atoms with Gasteiger partial charge in [-0.25, -0.2) is 0 Å². The summed E-state index contributed by atoms with van der Waals surface area (Å²) in [5.74, 6) is -0.108. The summed E-state index contributed by atoms with van der Waals surface area (Å²) in [6, 6.07) is 17.5. The van der Waals surface area contributed by atoms with Crippen LogP contribution in [0, 0.1) is 0 Å². The lowest BCUT2D eigenvalue weighted by Gasteiger charge is -2.16. The number of carbonyl (C=O) groups is 1. The molecular formula is C18H23N3O. The molecule has 0 saturated carbocycles. The molecule has 0 atom stereocenters. The fraction of sp³-hybridized carbons (Fsp3) is 0.278. The van der Waals surface area contributed by atoms with Crippen LogP contribution in [0.3, 0.4) is 0 Å². The zero-order chi connectivity index (χ0) is 15.8. The van der Waals surface area contributed by atoms with Crippen molar-refractivity contribution in [3.05, 3.63) is 65.7 Å². The Morgan fingerprint density at radius 2 is 1.77 bits per heavy atom. The maximum Gasteiger partial charge on any atom is 0.253 e. The molecule has 2 rings (SSSR count). The molecule has 1 amide bonds. The molecule has 3 N–H and O–H groups in total. The van der Waals surface area contributed by atoms with Crippen LogP contribution in [0.25, 0.3) is 0 Å². The number of amides is 1. The van der Waals surface area contributed by atoms with Gasteiger partial charge in [-0.2, -0.15) is 0 Å². The average molecular weight is 297 g/mol. The van der Waals surface area contributed by atoms with E-state index in [1.165, 1.54) is 5.56 Å². The first-order valence-electron chi connectivity index (χ1n) is 7.52. The number of benzene rings is 2. The van der Waals surface area contributed by atoms with E-state index in [1.807, 2.05) is 30.3 Å². The second-order valence-electron chi connectivity index (χ2n) is 5.42. The van der Waals surface area contributed by atoms with Gasteiger partial charge in [0.05, 0.1) is 5.56 Å². The largest absolute Gasteiger partial charge is 0.398 e. The van der Waals surface area contributed by atoms with E-state index in [0.717, 1.165) is 19.5 Å². The summed E-state index contributed by atoms with van der Waals surface area (Å²) in [6.45, 7) is 2.49. The fourth-order valence-corrected chi connectivity index (χ4v) is 2.32. The Morgan fingerprint density at radius 3 is 2.50 bits per heavy atom. The number of nitrogens with zero attached hydrogens (tertiary/aromatic N) is 1. The van der Waals surface area contributed by atoms with Crippen molar-refractivity contribution in [3.63, 3.8) is 0 Å². The van der Waals surface area contributed by atoms with Crippen molar-refractivity contribution in [2.45, 2.75) is 13.0 Å². The molecule has 0 saturated heterocycles. The highest BCUT2D eigenvalue weighted by molar-refractivity contribution is 5.98. The van der Waals surface area contributed by atoms with E-state index in [1.54, 1.807) is 12.1 Å². The van der Waals surface area contributed by atoms with Crippen molar-refractivity contribution in [2.75, 3.05) is 25.9 Å². The van der Waals surface area contributed by atoms with E-state index in [9.17, 15) is 4.79 Å². The lowest BCUT2D eigenvalue weighted by molar-refractivity contribution is 0.0953. The number of rotatable bonds is 7. The SMILES string of the molecule is CN(CCCNC(=O)c1ccccc1N)Cc1ccccc1. The second kappa shape index (κ2) is 8.20. The molecule has 2 aromatic rings. The molecule has 116 valence electrons. The number of nitrogen functional groups attached to an aromatic ring is 1. The minimum Gasteiger partial charge on any atom is -0.398 e. The third kappa shape index (κ3) is 4.90. The molecule has 0 unspecified atom stereocenters. The van der Waals surface area contributed by atoms with Crippen LogP contribution in [-0.4, -0.2) is 30.9 Å². The highest BCUT2D eigenvalue weighted by Crippen LogP contribution is 2.09. The van der Waals surface area contributed by atoms with Crippen molar-refractivity contribution >= 4 is 11.6 Å². The molecule has 0 heterocycles. The number of anilines is 1. The Morgan fingerprint density at radius 1 is 1.09 bits per heavy atom. The van der Waals surface area contributed by atoms with Gasteiger partial charge in [-0.05, 0) is 37.7 Å². The monoisotopic (exact) mass is 297 g/mol. The van der Waals surface area contributed by atoms with Gasteiger partial charge in [0, 0.05) is 18.8 Å². The van der Waals surface area contributed by atoms with E-state index < -0.39 is 0 Å². The predicted octanol–water partition coefficient (Wildman–Crippen LogP) is 2.52. The molecule has 0 radical (unpaired) electrons. The Labute approximate surface area is 131 Å². The normalized spacial score (nSPS) is 10.6. The Bertz CT molecular complexity index is 598. The van der Waals surface area contributed by atoms with E-state index in [0.29, 0.717) is 17.8 Å². The van der Waals surface area contributed by atoms with Gasteiger partial charge in [-0.1, -0.05) is 42.5 Å². The van der Waals surface area contributed by atoms with Crippen LogP contribution in [-0.2, 0) is 6.54 Å². The zero-order valence-electron chi connectivity index (χ0n) is 13.0. The minimum atomic E-state index is -0.108. The molecule has 4 nitrogen and oxygen atoms in total. The highest BCUT2D eigenvalue weighted by atomic mass is 16.1. The van der Waals surface area contributed by atoms with E-state index in [4.69, 9.17) is 5.73 Å². The van der Waals surface area contributed by atoms with E-state index in [2.05, 4.69) is 29.4 Å². The molecule has 0 aromatic heterocycles. The first kappa shape index (κ1) is 16.0. The molecule has 0 fully saturated rings. The van der Waals surface area contributed by atoms with Crippen LogP contribution in [0.5, 0.6) is 0 Å². The molecule has 22 heavy (non-hydrogen) atoms. The molecule has 2 aromatic carbocycles. The van der Waals surface area contributed by atoms with Crippen molar-refractivity contribution in [1.29, 1.82) is 0 Å². The van der Waals surface area contributed by atoms with Crippen LogP contribution in [0.4, 0.5) is 5.69 Å². The lowest BCUT2D eigenvalue weighted by Crippen LogP contribution is -2.28. The summed E-state index contributed by atoms with van der Waals surface area (Å²) in [5.41, 5.74) is 8.14. The predicted molar refractivity (Wildman–Crippen MR) is 90.6 cm³/mol. The molecule has 0 aliphatic heterocycles. The van der Waals surface area contributed by atoms with E-state index in [-0.39, 0.29) is 5.91 Å². The van der Waals surface area contributed by atoms with Crippen molar-refractivity contribution < 1.29 is 4.79 Å². The zero-order valence-corrected chi connectivity index (χ0v) is 13.0. The molecule has 0 spiro atoms. The van der Waals surface area contributed by atoms with Crippen LogP contribution < -0.4 is 11.1 Å². The van der Waals surface area contributed by atoms with Gasteiger partial charge in [0.15, 0.2) is 0 Å². The molecule has 0 aliphatic carbocycles. The van der Waals surface area contributed by atoms with E-state index >= 15 is 0 Å². The minimum absolute atomic E-state index is 0.108. The Balaban J connectivity index is 1.69. The second-order valence-corrected chi connectivity index (χ2v) is 5.42.